The molecule has 0 spiro atoms. The van der Waals surface area contributed by atoms with Crippen LogP contribution in [-0.4, -0.2) is 17.9 Å². The van der Waals surface area contributed by atoms with Gasteiger partial charge in [-0.1, -0.05) is 15.9 Å². The topological polar surface area (TPSA) is 59.2 Å². The minimum atomic E-state index is -0.566. The Hall–Kier alpha value is -1.95. The lowest BCUT2D eigenvalue weighted by molar-refractivity contribution is 0.0989. The van der Waals surface area contributed by atoms with Crippen molar-refractivity contribution in [1.82, 2.24) is 4.98 Å². The molecular formula is C13H11BrFN3O. The van der Waals surface area contributed by atoms with Crippen molar-refractivity contribution in [1.29, 1.82) is 0 Å². The number of benzene rings is 1. The molecule has 2 rings (SSSR count). The molecule has 2 N–H and O–H groups in total. The number of pyridine rings is 1. The first-order valence-corrected chi connectivity index (χ1v) is 6.23. The zero-order valence-electron chi connectivity index (χ0n) is 10.1. The van der Waals surface area contributed by atoms with Crippen LogP contribution in [0.5, 0.6) is 0 Å². The van der Waals surface area contributed by atoms with Crippen LogP contribution in [0.4, 0.5) is 15.9 Å². The van der Waals surface area contributed by atoms with Crippen LogP contribution in [0.25, 0.3) is 0 Å². The molecule has 2 aromatic rings. The minimum Gasteiger partial charge on any atom is -0.384 e. The average molecular weight is 324 g/mol. The molecule has 0 fully saturated rings. The second-order valence-electron chi connectivity index (χ2n) is 3.93. The van der Waals surface area contributed by atoms with Crippen molar-refractivity contribution in [2.45, 2.75) is 0 Å². The highest BCUT2D eigenvalue weighted by Crippen LogP contribution is 2.20. The Labute approximate surface area is 118 Å². The molecule has 0 bridgehead atoms. The maximum atomic E-state index is 13.7. The largest absolute Gasteiger partial charge is 0.384 e. The third kappa shape index (κ3) is 2.90. The number of amides is 1. The van der Waals surface area contributed by atoms with Crippen LogP contribution in [0, 0.1) is 5.82 Å². The summed E-state index contributed by atoms with van der Waals surface area (Å²) in [6, 6.07) is 7.45. The fourth-order valence-electron chi connectivity index (χ4n) is 1.56. The van der Waals surface area contributed by atoms with Crippen molar-refractivity contribution < 1.29 is 9.18 Å². The maximum absolute atomic E-state index is 13.7. The fraction of sp³-hybridized carbons (Fsp3) is 0.0769. The molecule has 1 aromatic heterocycles. The highest BCUT2D eigenvalue weighted by Gasteiger charge is 2.18. The third-order valence-corrected chi connectivity index (χ3v) is 3.11. The van der Waals surface area contributed by atoms with Crippen molar-refractivity contribution >= 4 is 33.3 Å². The molecule has 0 saturated heterocycles. The maximum Gasteiger partial charge on any atom is 0.261 e. The Morgan fingerprint density at radius 3 is 2.74 bits per heavy atom. The molecule has 1 aromatic carbocycles. The molecule has 6 heteroatoms. The van der Waals surface area contributed by atoms with E-state index in [9.17, 15) is 9.18 Å². The standard InChI is InChI=1S/C13H11BrFN3O/c1-18(9-3-5-12(16)17-7-9)13(19)10-6-8(14)2-4-11(10)15/h2-7H,1H3,(H2,16,17). The lowest BCUT2D eigenvalue weighted by atomic mass is 10.2. The van der Waals surface area contributed by atoms with E-state index in [1.54, 1.807) is 19.2 Å². The Balaban J connectivity index is 2.33. The van der Waals surface area contributed by atoms with Gasteiger partial charge in [-0.15, -0.1) is 0 Å². The number of rotatable bonds is 2. The summed E-state index contributed by atoms with van der Waals surface area (Å²) in [5.74, 6) is -0.660. The van der Waals surface area contributed by atoms with E-state index < -0.39 is 11.7 Å². The zero-order valence-corrected chi connectivity index (χ0v) is 11.7. The second-order valence-corrected chi connectivity index (χ2v) is 4.85. The first-order valence-electron chi connectivity index (χ1n) is 5.43. The summed E-state index contributed by atoms with van der Waals surface area (Å²) in [6.07, 6.45) is 1.46. The number of hydrogen-bond acceptors (Lipinski definition) is 3. The summed E-state index contributed by atoms with van der Waals surface area (Å²) >= 11 is 3.21. The van der Waals surface area contributed by atoms with Gasteiger partial charge in [0.25, 0.3) is 5.91 Å². The number of hydrogen-bond donors (Lipinski definition) is 1. The summed E-state index contributed by atoms with van der Waals surface area (Å²) in [6.45, 7) is 0. The van der Waals surface area contributed by atoms with Gasteiger partial charge in [0.2, 0.25) is 0 Å². The van der Waals surface area contributed by atoms with Gasteiger partial charge < -0.3 is 10.6 Å². The van der Waals surface area contributed by atoms with Crippen LogP contribution in [0.15, 0.2) is 41.0 Å². The molecule has 1 heterocycles. The van der Waals surface area contributed by atoms with Gasteiger partial charge >= 0.3 is 0 Å². The fourth-order valence-corrected chi connectivity index (χ4v) is 1.92. The monoisotopic (exact) mass is 323 g/mol. The van der Waals surface area contributed by atoms with E-state index in [2.05, 4.69) is 20.9 Å². The number of anilines is 2. The summed E-state index contributed by atoms with van der Waals surface area (Å²) in [4.78, 5) is 17.4. The van der Waals surface area contributed by atoms with E-state index in [0.29, 0.717) is 16.0 Å². The van der Waals surface area contributed by atoms with Gasteiger partial charge in [0.15, 0.2) is 0 Å². The van der Waals surface area contributed by atoms with Crippen LogP contribution < -0.4 is 10.6 Å². The number of nitrogens with zero attached hydrogens (tertiary/aromatic N) is 2. The van der Waals surface area contributed by atoms with E-state index in [-0.39, 0.29) is 5.56 Å². The molecule has 0 aliphatic heterocycles. The first kappa shape index (κ1) is 13.5. The molecular weight excluding hydrogens is 313 g/mol. The number of nitrogens with two attached hydrogens (primary N) is 1. The first-order chi connectivity index (χ1) is 8.99. The Morgan fingerprint density at radius 2 is 2.11 bits per heavy atom. The van der Waals surface area contributed by atoms with Crippen LogP contribution in [0.3, 0.4) is 0 Å². The molecule has 0 aliphatic rings. The smallest absolute Gasteiger partial charge is 0.261 e. The van der Waals surface area contributed by atoms with Crippen molar-refractivity contribution in [2.75, 3.05) is 17.7 Å². The minimum absolute atomic E-state index is 0.00583. The lowest BCUT2D eigenvalue weighted by Crippen LogP contribution is -2.27. The molecule has 98 valence electrons. The van der Waals surface area contributed by atoms with Gasteiger partial charge in [0.1, 0.15) is 11.6 Å². The predicted molar refractivity (Wildman–Crippen MR) is 75.5 cm³/mol. The highest BCUT2D eigenvalue weighted by molar-refractivity contribution is 9.10. The quantitative estimate of drug-likeness (QED) is 0.924. The van der Waals surface area contributed by atoms with Crippen LogP contribution in [-0.2, 0) is 0 Å². The van der Waals surface area contributed by atoms with Crippen molar-refractivity contribution in [3.8, 4) is 0 Å². The van der Waals surface area contributed by atoms with Gasteiger partial charge in [0.05, 0.1) is 17.4 Å². The highest BCUT2D eigenvalue weighted by atomic mass is 79.9. The second kappa shape index (κ2) is 5.36. The molecule has 1 amide bonds. The SMILES string of the molecule is CN(C(=O)c1cc(Br)ccc1F)c1ccc(N)nc1. The van der Waals surface area contributed by atoms with Gasteiger partial charge in [-0.3, -0.25) is 4.79 Å². The number of aromatic nitrogens is 1. The summed E-state index contributed by atoms with van der Waals surface area (Å²) in [5.41, 5.74) is 6.01. The van der Waals surface area contributed by atoms with Gasteiger partial charge in [-0.05, 0) is 30.3 Å². The normalized spacial score (nSPS) is 10.3. The molecule has 0 radical (unpaired) electrons. The van der Waals surface area contributed by atoms with Crippen LogP contribution >= 0.6 is 15.9 Å². The van der Waals surface area contributed by atoms with Gasteiger partial charge in [-0.25, -0.2) is 9.37 Å². The number of carbonyl (C=O) groups is 1. The van der Waals surface area contributed by atoms with E-state index in [1.807, 2.05) is 0 Å². The van der Waals surface area contributed by atoms with Crippen molar-refractivity contribution in [3.63, 3.8) is 0 Å². The van der Waals surface area contributed by atoms with Crippen molar-refractivity contribution in [2.24, 2.45) is 0 Å². The summed E-state index contributed by atoms with van der Waals surface area (Å²) < 4.78 is 14.3. The molecule has 19 heavy (non-hydrogen) atoms. The Morgan fingerprint density at radius 1 is 1.37 bits per heavy atom. The lowest BCUT2D eigenvalue weighted by Gasteiger charge is -2.17. The molecule has 0 aliphatic carbocycles. The van der Waals surface area contributed by atoms with E-state index >= 15 is 0 Å². The van der Waals surface area contributed by atoms with E-state index in [1.165, 1.54) is 29.3 Å². The van der Waals surface area contributed by atoms with Crippen molar-refractivity contribution in [3.05, 3.63) is 52.4 Å². The zero-order chi connectivity index (χ0) is 14.0. The Bertz CT molecular complexity index is 616. The number of halogens is 2. The average Bonchev–Trinajstić information content (AvgIpc) is 2.41. The number of carbonyl (C=O) groups excluding carboxylic acids is 1. The van der Waals surface area contributed by atoms with Gasteiger partial charge in [0, 0.05) is 11.5 Å². The molecule has 4 nitrogen and oxygen atoms in total. The van der Waals surface area contributed by atoms with Crippen LogP contribution in [0.2, 0.25) is 0 Å². The van der Waals surface area contributed by atoms with Crippen LogP contribution in [0.1, 0.15) is 10.4 Å². The third-order valence-electron chi connectivity index (χ3n) is 2.62. The molecule has 0 unspecified atom stereocenters. The summed E-state index contributed by atoms with van der Waals surface area (Å²) in [7, 11) is 1.55. The molecule has 0 saturated carbocycles. The molecule has 0 atom stereocenters. The Kier molecular flexibility index (Phi) is 3.80. The summed E-state index contributed by atoms with van der Waals surface area (Å²) in [5, 5.41) is 0. The number of nitrogen functional groups attached to an aromatic ring is 1. The predicted octanol–water partition coefficient (Wildman–Crippen LogP) is 2.84. The van der Waals surface area contributed by atoms with E-state index in [0.717, 1.165) is 0 Å². The van der Waals surface area contributed by atoms with E-state index in [4.69, 9.17) is 5.73 Å². The van der Waals surface area contributed by atoms with Gasteiger partial charge in [-0.2, -0.15) is 0 Å².